The van der Waals surface area contributed by atoms with Crippen LogP contribution in [0, 0.1) is 0 Å². The number of nitrogens with one attached hydrogen (secondary N) is 2. The smallest absolute Gasteiger partial charge is 0.153 e. The van der Waals surface area contributed by atoms with Crippen molar-refractivity contribution in [2.24, 2.45) is 0 Å². The van der Waals surface area contributed by atoms with Crippen LogP contribution in [0.5, 0.6) is 0 Å². The molecule has 0 amide bonds. The lowest BCUT2D eigenvalue weighted by Crippen LogP contribution is -2.26. The van der Waals surface area contributed by atoms with E-state index < -0.39 is 0 Å². The number of nitrogens with zero attached hydrogens (tertiary/aromatic N) is 5. The zero-order chi connectivity index (χ0) is 17.1. The highest BCUT2D eigenvalue weighted by molar-refractivity contribution is 6.30. The molecule has 0 saturated carbocycles. The molecule has 1 aromatic carbocycles. The lowest BCUT2D eigenvalue weighted by Gasteiger charge is -2.15. The Kier molecular flexibility index (Phi) is 4.73. The van der Waals surface area contributed by atoms with Crippen molar-refractivity contribution in [2.75, 3.05) is 6.54 Å². The minimum atomic E-state index is 0.00976. The molecule has 0 bridgehead atoms. The molecular weight excluding hydrogens is 342 g/mol. The van der Waals surface area contributed by atoms with Crippen molar-refractivity contribution in [3.05, 3.63) is 53.6 Å². The summed E-state index contributed by atoms with van der Waals surface area (Å²) >= 11 is 6.12. The highest BCUT2D eigenvalue weighted by Crippen LogP contribution is 2.30. The number of rotatable bonds is 6. The monoisotopic (exact) mass is 359 g/mol. The molecule has 1 saturated heterocycles. The van der Waals surface area contributed by atoms with Gasteiger partial charge in [-0.15, -0.1) is 0 Å². The SMILES string of the molecule is Clc1ccc(CNC[C@H]2CC[C@@H](c3ncn[nH]3)O2)c(-n2cncn2)c1. The Bertz CT molecular complexity index is 806. The predicted octanol–water partition coefficient (Wildman–Crippen LogP) is 2.05. The average molecular weight is 360 g/mol. The second-order valence-corrected chi connectivity index (χ2v) is 6.38. The van der Waals surface area contributed by atoms with Gasteiger partial charge in [0.2, 0.25) is 0 Å². The highest BCUT2D eigenvalue weighted by atomic mass is 35.5. The predicted molar refractivity (Wildman–Crippen MR) is 91.3 cm³/mol. The van der Waals surface area contributed by atoms with Crippen LogP contribution in [0.2, 0.25) is 5.02 Å². The van der Waals surface area contributed by atoms with E-state index in [0.717, 1.165) is 36.5 Å². The van der Waals surface area contributed by atoms with Gasteiger partial charge in [0.25, 0.3) is 0 Å². The van der Waals surface area contributed by atoms with E-state index in [9.17, 15) is 0 Å². The van der Waals surface area contributed by atoms with E-state index in [2.05, 4.69) is 30.6 Å². The molecule has 4 rings (SSSR count). The Morgan fingerprint density at radius 3 is 3.08 bits per heavy atom. The zero-order valence-electron chi connectivity index (χ0n) is 13.5. The lowest BCUT2D eigenvalue weighted by molar-refractivity contribution is 0.0401. The number of aromatic nitrogens is 6. The summed E-state index contributed by atoms with van der Waals surface area (Å²) < 4.78 is 7.74. The van der Waals surface area contributed by atoms with Crippen LogP contribution >= 0.6 is 11.6 Å². The summed E-state index contributed by atoms with van der Waals surface area (Å²) in [7, 11) is 0. The molecule has 8 nitrogen and oxygen atoms in total. The summed E-state index contributed by atoms with van der Waals surface area (Å²) in [5.41, 5.74) is 2.02. The Balaban J connectivity index is 1.35. The number of ether oxygens (including phenoxy) is 1. The van der Waals surface area contributed by atoms with Gasteiger partial charge in [0, 0.05) is 18.1 Å². The molecule has 2 aromatic heterocycles. The number of H-pyrrole nitrogens is 1. The Morgan fingerprint density at radius 1 is 1.32 bits per heavy atom. The summed E-state index contributed by atoms with van der Waals surface area (Å²) in [6.07, 6.45) is 6.80. The lowest BCUT2D eigenvalue weighted by atomic mass is 10.1. The van der Waals surface area contributed by atoms with E-state index in [1.807, 2.05) is 18.2 Å². The van der Waals surface area contributed by atoms with E-state index in [0.29, 0.717) is 11.6 Å². The summed E-state index contributed by atoms with van der Waals surface area (Å²) in [5.74, 6) is 0.800. The maximum atomic E-state index is 6.12. The summed E-state index contributed by atoms with van der Waals surface area (Å²) in [6, 6.07) is 5.77. The van der Waals surface area contributed by atoms with E-state index in [-0.39, 0.29) is 12.2 Å². The molecule has 0 unspecified atom stereocenters. The molecule has 1 aliphatic rings. The average Bonchev–Trinajstić information content (AvgIpc) is 3.38. The summed E-state index contributed by atoms with van der Waals surface area (Å²) in [5, 5.41) is 15.1. The van der Waals surface area contributed by atoms with Gasteiger partial charge in [-0.05, 0) is 30.5 Å². The Hall–Kier alpha value is -2.29. The quantitative estimate of drug-likeness (QED) is 0.699. The molecule has 2 N–H and O–H groups in total. The fourth-order valence-electron chi connectivity index (χ4n) is 3.03. The van der Waals surface area contributed by atoms with Crippen molar-refractivity contribution >= 4 is 11.6 Å². The second-order valence-electron chi connectivity index (χ2n) is 5.94. The Morgan fingerprint density at radius 2 is 2.28 bits per heavy atom. The minimum Gasteiger partial charge on any atom is -0.366 e. The standard InChI is InChI=1S/C16H18ClN7O/c17-12-2-1-11(14(5-12)24-10-19-8-22-24)6-18-7-13-3-4-15(25-13)16-20-9-21-23-16/h1-2,5,8-10,13,15,18H,3-4,6-7H2,(H,20,21,23)/t13-,15+/m1/s1. The van der Waals surface area contributed by atoms with Gasteiger partial charge >= 0.3 is 0 Å². The molecule has 3 aromatic rings. The van der Waals surface area contributed by atoms with Crippen LogP contribution in [-0.4, -0.2) is 42.6 Å². The van der Waals surface area contributed by atoms with Gasteiger partial charge in [-0.1, -0.05) is 17.7 Å². The van der Waals surface area contributed by atoms with E-state index >= 15 is 0 Å². The largest absolute Gasteiger partial charge is 0.366 e. The second kappa shape index (κ2) is 7.30. The first-order valence-corrected chi connectivity index (χ1v) is 8.52. The molecule has 130 valence electrons. The van der Waals surface area contributed by atoms with Gasteiger partial charge in [0.15, 0.2) is 5.82 Å². The van der Waals surface area contributed by atoms with Crippen molar-refractivity contribution in [1.82, 2.24) is 35.3 Å². The van der Waals surface area contributed by atoms with Gasteiger partial charge in [-0.25, -0.2) is 14.6 Å². The van der Waals surface area contributed by atoms with Crippen molar-refractivity contribution < 1.29 is 4.74 Å². The number of hydrogen-bond donors (Lipinski definition) is 2. The van der Waals surface area contributed by atoms with Crippen LogP contribution in [0.15, 0.2) is 37.2 Å². The van der Waals surface area contributed by atoms with Crippen molar-refractivity contribution in [2.45, 2.75) is 31.6 Å². The zero-order valence-corrected chi connectivity index (χ0v) is 14.2. The first-order chi connectivity index (χ1) is 12.3. The van der Waals surface area contributed by atoms with Gasteiger partial charge in [-0.3, -0.25) is 5.10 Å². The van der Waals surface area contributed by atoms with Crippen LogP contribution in [0.1, 0.15) is 30.3 Å². The Labute approximate surface area is 149 Å². The molecule has 25 heavy (non-hydrogen) atoms. The maximum Gasteiger partial charge on any atom is 0.153 e. The number of hydrogen-bond acceptors (Lipinski definition) is 6. The third kappa shape index (κ3) is 3.71. The van der Waals surface area contributed by atoms with Crippen LogP contribution in [0.3, 0.4) is 0 Å². The van der Waals surface area contributed by atoms with Crippen molar-refractivity contribution in [1.29, 1.82) is 0 Å². The number of aromatic amines is 1. The van der Waals surface area contributed by atoms with Crippen molar-refractivity contribution in [3.63, 3.8) is 0 Å². The van der Waals surface area contributed by atoms with E-state index in [1.54, 1.807) is 11.0 Å². The topological polar surface area (TPSA) is 93.5 Å². The molecule has 2 atom stereocenters. The minimum absolute atomic E-state index is 0.00976. The van der Waals surface area contributed by atoms with Crippen LogP contribution in [0.4, 0.5) is 0 Å². The molecule has 1 aliphatic heterocycles. The first-order valence-electron chi connectivity index (χ1n) is 8.14. The fourth-order valence-corrected chi connectivity index (χ4v) is 3.19. The summed E-state index contributed by atoms with van der Waals surface area (Å²) in [4.78, 5) is 8.17. The molecular formula is C16H18ClN7O. The van der Waals surface area contributed by atoms with Gasteiger partial charge < -0.3 is 10.1 Å². The molecule has 0 aliphatic carbocycles. The van der Waals surface area contributed by atoms with E-state index in [1.165, 1.54) is 12.7 Å². The normalized spacial score (nSPS) is 20.2. The molecule has 3 heterocycles. The third-order valence-corrected chi connectivity index (χ3v) is 4.48. The van der Waals surface area contributed by atoms with Crippen LogP contribution in [-0.2, 0) is 11.3 Å². The van der Waals surface area contributed by atoms with Crippen LogP contribution < -0.4 is 5.32 Å². The fraction of sp³-hybridized carbons (Fsp3) is 0.375. The van der Waals surface area contributed by atoms with Gasteiger partial charge in [0.05, 0.1) is 11.8 Å². The molecule has 9 heteroatoms. The van der Waals surface area contributed by atoms with Crippen molar-refractivity contribution in [3.8, 4) is 5.69 Å². The maximum absolute atomic E-state index is 6.12. The summed E-state index contributed by atoms with van der Waals surface area (Å²) in [6.45, 7) is 1.46. The van der Waals surface area contributed by atoms with Crippen LogP contribution in [0.25, 0.3) is 5.69 Å². The molecule has 0 radical (unpaired) electrons. The first kappa shape index (κ1) is 16.2. The molecule has 0 spiro atoms. The highest BCUT2D eigenvalue weighted by Gasteiger charge is 2.28. The third-order valence-electron chi connectivity index (χ3n) is 4.25. The molecule has 1 fully saturated rings. The van der Waals surface area contributed by atoms with Gasteiger partial charge in [-0.2, -0.15) is 10.2 Å². The number of benzene rings is 1. The van der Waals surface area contributed by atoms with E-state index in [4.69, 9.17) is 16.3 Å². The van der Waals surface area contributed by atoms with Gasteiger partial charge in [0.1, 0.15) is 25.1 Å². The number of halogens is 1.